The molecule has 1 amide bonds. The molecule has 4 heteroatoms. The summed E-state index contributed by atoms with van der Waals surface area (Å²) < 4.78 is 13.1. The van der Waals surface area contributed by atoms with E-state index in [9.17, 15) is 9.18 Å². The molecule has 1 fully saturated rings. The minimum absolute atomic E-state index is 0.00468. The van der Waals surface area contributed by atoms with Crippen molar-refractivity contribution in [1.29, 1.82) is 0 Å². The van der Waals surface area contributed by atoms with Crippen molar-refractivity contribution in [3.63, 3.8) is 0 Å². The van der Waals surface area contributed by atoms with Crippen LogP contribution in [-0.2, 0) is 4.79 Å². The van der Waals surface area contributed by atoms with E-state index in [1.807, 2.05) is 6.92 Å². The van der Waals surface area contributed by atoms with Gasteiger partial charge in [0.25, 0.3) is 0 Å². The van der Waals surface area contributed by atoms with E-state index in [2.05, 4.69) is 5.32 Å². The van der Waals surface area contributed by atoms with Gasteiger partial charge in [0.15, 0.2) is 0 Å². The fraction of sp³-hybridized carbons (Fsp3) is 0.364. The highest BCUT2D eigenvalue weighted by Crippen LogP contribution is 2.21. The van der Waals surface area contributed by atoms with E-state index in [0.29, 0.717) is 18.8 Å². The fourth-order valence-electron chi connectivity index (χ4n) is 1.73. The second-order valence-electron chi connectivity index (χ2n) is 3.65. The lowest BCUT2D eigenvalue weighted by Gasteiger charge is -2.28. The van der Waals surface area contributed by atoms with Crippen LogP contribution in [0, 0.1) is 12.7 Å². The Hall–Kier alpha value is -1.42. The number of carbonyl (C=O) groups excluding carboxylic acids is 1. The first-order valence-electron chi connectivity index (χ1n) is 4.96. The Balaban J connectivity index is 2.34. The molecule has 2 rings (SSSR count). The van der Waals surface area contributed by atoms with Crippen LogP contribution in [0.5, 0.6) is 0 Å². The maximum atomic E-state index is 13.1. The quantitative estimate of drug-likeness (QED) is 0.748. The number of nitrogens with zero attached hydrogens (tertiary/aromatic N) is 1. The molecule has 0 bridgehead atoms. The highest BCUT2D eigenvalue weighted by molar-refractivity contribution is 5.96. The zero-order valence-corrected chi connectivity index (χ0v) is 8.59. The third-order valence-electron chi connectivity index (χ3n) is 2.55. The third-order valence-corrected chi connectivity index (χ3v) is 2.55. The minimum atomic E-state index is -0.304. The van der Waals surface area contributed by atoms with Crippen molar-refractivity contribution in [2.24, 2.45) is 0 Å². The molecule has 1 aromatic carbocycles. The summed E-state index contributed by atoms with van der Waals surface area (Å²) in [5, 5.41) is 2.98. The molecular formula is C11H13FN2O. The largest absolute Gasteiger partial charge is 0.310 e. The number of aryl methyl sites for hydroxylation is 1. The summed E-state index contributed by atoms with van der Waals surface area (Å²) in [6.07, 6.45) is 0. The first-order valence-corrected chi connectivity index (χ1v) is 4.96. The van der Waals surface area contributed by atoms with Crippen LogP contribution >= 0.6 is 0 Å². The van der Waals surface area contributed by atoms with Crippen LogP contribution in [0.1, 0.15) is 5.56 Å². The zero-order valence-electron chi connectivity index (χ0n) is 8.59. The average molecular weight is 208 g/mol. The number of rotatable bonds is 1. The van der Waals surface area contributed by atoms with Crippen LogP contribution in [0.4, 0.5) is 10.1 Å². The van der Waals surface area contributed by atoms with E-state index >= 15 is 0 Å². The first-order chi connectivity index (χ1) is 7.18. The summed E-state index contributed by atoms with van der Waals surface area (Å²) in [5.41, 5.74) is 1.60. The average Bonchev–Trinajstić information content (AvgIpc) is 2.23. The molecule has 1 heterocycles. The van der Waals surface area contributed by atoms with E-state index in [1.165, 1.54) is 12.1 Å². The number of anilines is 1. The standard InChI is InChI=1S/C11H13FN2O/c1-8-2-3-9(12)6-10(8)14-5-4-13-7-11(14)15/h2-3,6,13H,4-5,7H2,1H3. The summed E-state index contributed by atoms with van der Waals surface area (Å²) >= 11 is 0. The number of piperazine rings is 1. The van der Waals surface area contributed by atoms with Gasteiger partial charge in [0.1, 0.15) is 5.82 Å². The summed E-state index contributed by atoms with van der Waals surface area (Å²) in [4.78, 5) is 13.2. The van der Waals surface area contributed by atoms with Gasteiger partial charge in [0.2, 0.25) is 5.91 Å². The predicted octanol–water partition coefficient (Wildman–Crippen LogP) is 1.07. The van der Waals surface area contributed by atoms with Crippen LogP contribution < -0.4 is 10.2 Å². The third kappa shape index (κ3) is 1.99. The number of hydrogen-bond donors (Lipinski definition) is 1. The second-order valence-corrected chi connectivity index (χ2v) is 3.65. The predicted molar refractivity (Wildman–Crippen MR) is 56.4 cm³/mol. The van der Waals surface area contributed by atoms with E-state index in [1.54, 1.807) is 11.0 Å². The van der Waals surface area contributed by atoms with E-state index in [0.717, 1.165) is 12.1 Å². The van der Waals surface area contributed by atoms with Gasteiger partial charge in [-0.1, -0.05) is 6.07 Å². The molecule has 0 aromatic heterocycles. The van der Waals surface area contributed by atoms with Crippen molar-refractivity contribution in [2.45, 2.75) is 6.92 Å². The van der Waals surface area contributed by atoms with Gasteiger partial charge in [0.05, 0.1) is 6.54 Å². The maximum absolute atomic E-state index is 13.1. The number of hydrogen-bond acceptors (Lipinski definition) is 2. The molecule has 0 aliphatic carbocycles. The number of halogens is 1. The van der Waals surface area contributed by atoms with E-state index < -0.39 is 0 Å². The molecule has 0 spiro atoms. The van der Waals surface area contributed by atoms with Crippen molar-refractivity contribution < 1.29 is 9.18 Å². The lowest BCUT2D eigenvalue weighted by molar-refractivity contribution is -0.118. The SMILES string of the molecule is Cc1ccc(F)cc1N1CCNCC1=O. The molecule has 0 unspecified atom stereocenters. The minimum Gasteiger partial charge on any atom is -0.310 e. The molecule has 0 atom stereocenters. The van der Waals surface area contributed by atoms with E-state index in [-0.39, 0.29) is 11.7 Å². The summed E-state index contributed by atoms with van der Waals surface area (Å²) in [5.74, 6) is -0.308. The van der Waals surface area contributed by atoms with Crippen molar-refractivity contribution >= 4 is 11.6 Å². The monoisotopic (exact) mass is 208 g/mol. The van der Waals surface area contributed by atoms with Gasteiger partial charge >= 0.3 is 0 Å². The molecule has 1 N–H and O–H groups in total. The van der Waals surface area contributed by atoms with Crippen molar-refractivity contribution in [3.05, 3.63) is 29.6 Å². The lowest BCUT2D eigenvalue weighted by Crippen LogP contribution is -2.48. The van der Waals surface area contributed by atoms with Gasteiger partial charge in [-0.3, -0.25) is 4.79 Å². The van der Waals surface area contributed by atoms with Crippen molar-refractivity contribution in [1.82, 2.24) is 5.32 Å². The molecule has 1 saturated heterocycles. The molecule has 1 aliphatic rings. The van der Waals surface area contributed by atoms with Crippen LogP contribution in [0.2, 0.25) is 0 Å². The number of nitrogens with one attached hydrogen (secondary N) is 1. The molecule has 80 valence electrons. The number of benzene rings is 1. The van der Waals surface area contributed by atoms with Crippen LogP contribution in [0.25, 0.3) is 0 Å². The normalized spacial score (nSPS) is 16.9. The van der Waals surface area contributed by atoms with Crippen LogP contribution in [0.15, 0.2) is 18.2 Å². The second kappa shape index (κ2) is 3.98. The van der Waals surface area contributed by atoms with Gasteiger partial charge in [-0.15, -0.1) is 0 Å². The Morgan fingerprint density at radius 3 is 3.00 bits per heavy atom. The molecule has 15 heavy (non-hydrogen) atoms. The Morgan fingerprint density at radius 2 is 2.27 bits per heavy atom. The maximum Gasteiger partial charge on any atom is 0.240 e. The van der Waals surface area contributed by atoms with Gasteiger partial charge in [-0.05, 0) is 24.6 Å². The van der Waals surface area contributed by atoms with Gasteiger partial charge < -0.3 is 10.2 Å². The van der Waals surface area contributed by atoms with Gasteiger partial charge in [-0.25, -0.2) is 4.39 Å². The molecule has 1 aromatic rings. The highest BCUT2D eigenvalue weighted by atomic mass is 19.1. The lowest BCUT2D eigenvalue weighted by atomic mass is 10.1. The number of amides is 1. The fourth-order valence-corrected chi connectivity index (χ4v) is 1.73. The number of carbonyl (C=O) groups is 1. The Morgan fingerprint density at radius 1 is 1.47 bits per heavy atom. The summed E-state index contributed by atoms with van der Waals surface area (Å²) in [6, 6.07) is 4.52. The smallest absolute Gasteiger partial charge is 0.240 e. The summed E-state index contributed by atoms with van der Waals surface area (Å²) in [6.45, 7) is 3.56. The first kappa shape index (κ1) is 10.1. The van der Waals surface area contributed by atoms with Gasteiger partial charge in [-0.2, -0.15) is 0 Å². The molecule has 3 nitrogen and oxygen atoms in total. The van der Waals surface area contributed by atoms with Crippen molar-refractivity contribution in [2.75, 3.05) is 24.5 Å². The van der Waals surface area contributed by atoms with Crippen molar-refractivity contribution in [3.8, 4) is 0 Å². The summed E-state index contributed by atoms with van der Waals surface area (Å²) in [7, 11) is 0. The molecule has 1 aliphatic heterocycles. The molecular weight excluding hydrogens is 195 g/mol. The highest BCUT2D eigenvalue weighted by Gasteiger charge is 2.20. The zero-order chi connectivity index (χ0) is 10.8. The van der Waals surface area contributed by atoms with Crippen LogP contribution in [0.3, 0.4) is 0 Å². The Kier molecular flexibility index (Phi) is 2.68. The van der Waals surface area contributed by atoms with E-state index in [4.69, 9.17) is 0 Å². The molecule has 0 saturated carbocycles. The van der Waals surface area contributed by atoms with Gasteiger partial charge in [0, 0.05) is 18.8 Å². The topological polar surface area (TPSA) is 32.3 Å². The molecule has 0 radical (unpaired) electrons. The van der Waals surface area contributed by atoms with Crippen LogP contribution in [-0.4, -0.2) is 25.5 Å². The Labute approximate surface area is 87.9 Å². The Bertz CT molecular complexity index is 392.